The number of fused-ring (bicyclic) bond motifs is 1. The third-order valence-electron chi connectivity index (χ3n) is 7.93. The lowest BCUT2D eigenvalue weighted by atomic mass is 9.81. The van der Waals surface area contributed by atoms with E-state index in [1.165, 1.54) is 12.1 Å². The molecular formula is C31H35F2NO3S. The molecule has 202 valence electrons. The number of likely N-dealkylation sites (tertiary alicyclic amines) is 1. The highest BCUT2D eigenvalue weighted by atomic mass is 32.2. The van der Waals surface area contributed by atoms with Gasteiger partial charge >= 0.3 is 0 Å². The molecule has 2 aliphatic heterocycles. The molecule has 38 heavy (non-hydrogen) atoms. The molecule has 0 amide bonds. The monoisotopic (exact) mass is 539 g/mol. The van der Waals surface area contributed by atoms with Gasteiger partial charge in [-0.1, -0.05) is 36.4 Å². The summed E-state index contributed by atoms with van der Waals surface area (Å²) < 4.78 is 61.9. The van der Waals surface area contributed by atoms with E-state index in [1.807, 2.05) is 18.2 Å². The predicted molar refractivity (Wildman–Crippen MR) is 147 cm³/mol. The number of halogens is 2. The number of benzene rings is 3. The second-order valence-corrected chi connectivity index (χ2v) is 13.8. The number of hydrogen-bond acceptors (Lipinski definition) is 4. The third kappa shape index (κ3) is 5.79. The lowest BCUT2D eigenvalue weighted by molar-refractivity contribution is -0.0355. The van der Waals surface area contributed by atoms with Crippen molar-refractivity contribution in [2.75, 3.05) is 13.1 Å². The topological polar surface area (TPSA) is 46.6 Å². The number of hydrogen-bond donors (Lipinski definition) is 0. The predicted octanol–water partition coefficient (Wildman–Crippen LogP) is 6.70. The molecule has 0 bridgehead atoms. The first-order valence-electron chi connectivity index (χ1n) is 13.2. The molecular weight excluding hydrogens is 504 g/mol. The molecule has 7 heteroatoms. The SMILES string of the molecule is CC(C)(C)N1CCC2(CCc3cc(-c4cc(F)c(CS(=O)(=O)Cc5ccccc5)c(F)c4)ccc3O2)CC1. The second-order valence-electron chi connectivity index (χ2n) is 11.7. The summed E-state index contributed by atoms with van der Waals surface area (Å²) in [6.45, 7) is 8.73. The van der Waals surface area contributed by atoms with Gasteiger partial charge in [-0.15, -0.1) is 0 Å². The van der Waals surface area contributed by atoms with E-state index in [1.54, 1.807) is 30.3 Å². The molecule has 5 rings (SSSR count). The van der Waals surface area contributed by atoms with Crippen molar-refractivity contribution in [3.05, 3.63) is 89.0 Å². The highest BCUT2D eigenvalue weighted by molar-refractivity contribution is 7.89. The van der Waals surface area contributed by atoms with Gasteiger partial charge in [0.05, 0.1) is 11.5 Å². The van der Waals surface area contributed by atoms with Crippen molar-refractivity contribution in [1.29, 1.82) is 0 Å². The Morgan fingerprint density at radius 1 is 0.868 bits per heavy atom. The Hall–Kier alpha value is -2.77. The lowest BCUT2D eigenvalue weighted by Crippen LogP contribution is -2.54. The molecule has 0 aliphatic carbocycles. The molecule has 1 spiro atoms. The van der Waals surface area contributed by atoms with Crippen LogP contribution in [-0.2, 0) is 27.8 Å². The minimum absolute atomic E-state index is 0.148. The van der Waals surface area contributed by atoms with Crippen LogP contribution in [0.2, 0.25) is 0 Å². The summed E-state index contributed by atoms with van der Waals surface area (Å²) in [6.07, 6.45) is 3.73. The van der Waals surface area contributed by atoms with Gasteiger partial charge in [0.1, 0.15) is 23.0 Å². The van der Waals surface area contributed by atoms with Crippen LogP contribution in [0.15, 0.2) is 60.7 Å². The zero-order valence-corrected chi connectivity index (χ0v) is 23.1. The van der Waals surface area contributed by atoms with Crippen molar-refractivity contribution in [3.8, 4) is 16.9 Å². The molecule has 2 heterocycles. The summed E-state index contributed by atoms with van der Waals surface area (Å²) in [4.78, 5) is 2.50. The van der Waals surface area contributed by atoms with Crippen LogP contribution in [0.1, 0.15) is 56.7 Å². The largest absolute Gasteiger partial charge is 0.487 e. The van der Waals surface area contributed by atoms with Gasteiger partial charge in [-0.2, -0.15) is 0 Å². The fraction of sp³-hybridized carbons (Fsp3) is 0.419. The Balaban J connectivity index is 1.31. The van der Waals surface area contributed by atoms with Gasteiger partial charge in [0, 0.05) is 24.2 Å². The Kier molecular flexibility index (Phi) is 7.12. The molecule has 1 fully saturated rings. The van der Waals surface area contributed by atoms with Crippen LogP contribution >= 0.6 is 0 Å². The smallest absolute Gasteiger partial charge is 0.158 e. The summed E-state index contributed by atoms with van der Waals surface area (Å²) in [7, 11) is -3.75. The summed E-state index contributed by atoms with van der Waals surface area (Å²) in [6, 6.07) is 16.7. The van der Waals surface area contributed by atoms with Crippen molar-refractivity contribution >= 4 is 9.84 Å². The molecule has 0 radical (unpaired) electrons. The molecule has 3 aromatic rings. The van der Waals surface area contributed by atoms with E-state index in [4.69, 9.17) is 4.74 Å². The Bertz CT molecular complexity index is 1400. The third-order valence-corrected chi connectivity index (χ3v) is 9.43. The average Bonchev–Trinajstić information content (AvgIpc) is 2.86. The molecule has 0 atom stereocenters. The standard InChI is InChI=1S/C31H35F2NO3S/c1-30(2,3)34-15-13-31(14-16-34)12-11-24-17-23(9-10-29(24)37-31)25-18-27(32)26(28(33)19-25)21-38(35,36)20-22-7-5-4-6-8-22/h4-10,17-19H,11-16,20-21H2,1-3H3. The minimum atomic E-state index is -3.75. The Morgan fingerprint density at radius 3 is 2.16 bits per heavy atom. The van der Waals surface area contributed by atoms with E-state index in [2.05, 4.69) is 25.7 Å². The number of rotatable bonds is 5. The summed E-state index contributed by atoms with van der Waals surface area (Å²) in [5.41, 5.74) is 2.25. The zero-order chi connectivity index (χ0) is 27.1. The zero-order valence-electron chi connectivity index (χ0n) is 22.3. The number of nitrogens with zero attached hydrogens (tertiary/aromatic N) is 1. The van der Waals surface area contributed by atoms with Crippen molar-refractivity contribution in [2.24, 2.45) is 0 Å². The van der Waals surface area contributed by atoms with Crippen molar-refractivity contribution in [1.82, 2.24) is 4.90 Å². The molecule has 2 aliphatic rings. The van der Waals surface area contributed by atoms with Crippen LogP contribution in [0, 0.1) is 11.6 Å². The molecule has 0 aromatic heterocycles. The van der Waals surface area contributed by atoms with Crippen LogP contribution < -0.4 is 4.74 Å². The molecule has 0 N–H and O–H groups in total. The van der Waals surface area contributed by atoms with E-state index in [-0.39, 0.29) is 16.9 Å². The quantitative estimate of drug-likeness (QED) is 0.362. The second kappa shape index (κ2) is 10.1. The maximum Gasteiger partial charge on any atom is 0.158 e. The van der Waals surface area contributed by atoms with Gasteiger partial charge < -0.3 is 4.74 Å². The molecule has 0 unspecified atom stereocenters. The lowest BCUT2D eigenvalue weighted by Gasteiger charge is -2.48. The number of sulfone groups is 1. The van der Waals surface area contributed by atoms with E-state index < -0.39 is 32.8 Å². The Morgan fingerprint density at radius 2 is 1.53 bits per heavy atom. The number of aryl methyl sites for hydroxylation is 1. The highest BCUT2D eigenvalue weighted by Crippen LogP contribution is 2.42. The van der Waals surface area contributed by atoms with Crippen molar-refractivity contribution in [3.63, 3.8) is 0 Å². The number of piperidine rings is 1. The van der Waals surface area contributed by atoms with Gasteiger partial charge in [0.2, 0.25) is 0 Å². The molecule has 0 saturated carbocycles. The number of ether oxygens (including phenoxy) is 1. The summed E-state index contributed by atoms with van der Waals surface area (Å²) >= 11 is 0. The van der Waals surface area contributed by atoms with Gasteiger partial charge in [-0.05, 0) is 93.0 Å². The van der Waals surface area contributed by atoms with Crippen molar-refractivity contribution < 1.29 is 21.9 Å². The van der Waals surface area contributed by atoms with Gasteiger partial charge in [-0.25, -0.2) is 17.2 Å². The maximum atomic E-state index is 15.0. The first-order chi connectivity index (χ1) is 17.9. The van der Waals surface area contributed by atoms with Crippen LogP contribution in [0.25, 0.3) is 11.1 Å². The fourth-order valence-corrected chi connectivity index (χ4v) is 7.16. The minimum Gasteiger partial charge on any atom is -0.487 e. The van der Waals surface area contributed by atoms with Crippen LogP contribution in [0.5, 0.6) is 5.75 Å². The van der Waals surface area contributed by atoms with Crippen LogP contribution in [-0.4, -0.2) is 37.5 Å². The van der Waals surface area contributed by atoms with E-state index >= 15 is 8.78 Å². The van der Waals surface area contributed by atoms with E-state index in [0.717, 1.165) is 50.1 Å². The van der Waals surface area contributed by atoms with E-state index in [9.17, 15) is 8.42 Å². The van der Waals surface area contributed by atoms with Gasteiger partial charge in [-0.3, -0.25) is 4.90 Å². The van der Waals surface area contributed by atoms with Crippen LogP contribution in [0.3, 0.4) is 0 Å². The summed E-state index contributed by atoms with van der Waals surface area (Å²) in [5, 5.41) is 0. The molecule has 4 nitrogen and oxygen atoms in total. The van der Waals surface area contributed by atoms with E-state index in [0.29, 0.717) is 16.7 Å². The maximum absolute atomic E-state index is 15.0. The van der Waals surface area contributed by atoms with Crippen molar-refractivity contribution in [2.45, 2.75) is 69.1 Å². The Labute approximate surface area is 224 Å². The van der Waals surface area contributed by atoms with Gasteiger partial charge in [0.25, 0.3) is 0 Å². The fourth-order valence-electron chi connectivity index (χ4n) is 5.64. The van der Waals surface area contributed by atoms with Crippen LogP contribution in [0.4, 0.5) is 8.78 Å². The summed E-state index contributed by atoms with van der Waals surface area (Å²) in [5.74, 6) is -1.82. The highest BCUT2D eigenvalue weighted by Gasteiger charge is 2.41. The van der Waals surface area contributed by atoms with Gasteiger partial charge in [0.15, 0.2) is 9.84 Å². The normalized spacial score (nSPS) is 17.7. The first-order valence-corrected chi connectivity index (χ1v) is 15.0. The molecule has 3 aromatic carbocycles. The first kappa shape index (κ1) is 26.8. The average molecular weight is 540 g/mol. The molecule has 1 saturated heterocycles.